The van der Waals surface area contributed by atoms with Crippen LogP contribution in [0.5, 0.6) is 5.75 Å². The van der Waals surface area contributed by atoms with Crippen LogP contribution in [0, 0.1) is 5.82 Å². The average Bonchev–Trinajstić information content (AvgIpc) is 2.63. The summed E-state index contributed by atoms with van der Waals surface area (Å²) in [6.45, 7) is 4.07. The van der Waals surface area contributed by atoms with Gasteiger partial charge in [0.1, 0.15) is 11.6 Å². The van der Waals surface area contributed by atoms with Crippen molar-refractivity contribution in [3.8, 4) is 5.75 Å². The molecule has 0 spiro atoms. The van der Waals surface area contributed by atoms with Crippen molar-refractivity contribution in [1.82, 2.24) is 4.90 Å². The van der Waals surface area contributed by atoms with E-state index in [1.807, 2.05) is 18.2 Å². The summed E-state index contributed by atoms with van der Waals surface area (Å²) < 4.78 is 18.4. The van der Waals surface area contributed by atoms with Gasteiger partial charge in [-0.15, -0.1) is 0 Å². The Kier molecular flexibility index (Phi) is 5.33. The molecule has 0 amide bonds. The van der Waals surface area contributed by atoms with Gasteiger partial charge in [0.15, 0.2) is 0 Å². The minimum absolute atomic E-state index is 0.281. The highest BCUT2D eigenvalue weighted by Crippen LogP contribution is 2.28. The van der Waals surface area contributed by atoms with E-state index < -0.39 is 6.10 Å². The number of piperazine rings is 1. The summed E-state index contributed by atoms with van der Waals surface area (Å²) in [4.78, 5) is 4.54. The monoisotopic (exact) mass is 330 g/mol. The van der Waals surface area contributed by atoms with Gasteiger partial charge in [0.2, 0.25) is 0 Å². The van der Waals surface area contributed by atoms with Gasteiger partial charge in [-0.1, -0.05) is 24.3 Å². The molecule has 0 aliphatic carbocycles. The zero-order valence-corrected chi connectivity index (χ0v) is 13.9. The van der Waals surface area contributed by atoms with Crippen molar-refractivity contribution in [3.63, 3.8) is 0 Å². The summed E-state index contributed by atoms with van der Waals surface area (Å²) in [6, 6.07) is 14.1. The smallest absolute Gasteiger partial charge is 0.142 e. The van der Waals surface area contributed by atoms with Crippen molar-refractivity contribution in [2.45, 2.75) is 6.10 Å². The van der Waals surface area contributed by atoms with Gasteiger partial charge in [0.25, 0.3) is 0 Å². The molecule has 1 aliphatic heterocycles. The number of rotatable bonds is 5. The molecule has 0 saturated carbocycles. The van der Waals surface area contributed by atoms with Gasteiger partial charge < -0.3 is 14.7 Å². The van der Waals surface area contributed by atoms with Crippen LogP contribution in [-0.2, 0) is 0 Å². The van der Waals surface area contributed by atoms with Crippen molar-refractivity contribution < 1.29 is 14.2 Å². The second-order valence-corrected chi connectivity index (χ2v) is 6.03. The van der Waals surface area contributed by atoms with E-state index in [1.165, 1.54) is 12.1 Å². The molecule has 4 nitrogen and oxygen atoms in total. The predicted molar refractivity (Wildman–Crippen MR) is 93.0 cm³/mol. The normalized spacial score (nSPS) is 16.9. The first-order valence-electron chi connectivity index (χ1n) is 8.21. The molecular weight excluding hydrogens is 307 g/mol. The minimum Gasteiger partial charge on any atom is -0.495 e. The molecule has 3 rings (SSSR count). The number of anilines is 1. The zero-order chi connectivity index (χ0) is 16.9. The third-order valence-corrected chi connectivity index (χ3v) is 4.48. The van der Waals surface area contributed by atoms with Crippen LogP contribution in [0.1, 0.15) is 11.7 Å². The summed E-state index contributed by atoms with van der Waals surface area (Å²) in [5, 5.41) is 10.3. The number of methoxy groups -OCH3 is 1. The first-order chi connectivity index (χ1) is 11.7. The van der Waals surface area contributed by atoms with Gasteiger partial charge in [0.05, 0.1) is 18.9 Å². The molecule has 24 heavy (non-hydrogen) atoms. The Morgan fingerprint density at radius 2 is 1.71 bits per heavy atom. The molecule has 128 valence electrons. The molecular formula is C19H23FN2O2. The summed E-state index contributed by atoms with van der Waals surface area (Å²) in [5.74, 6) is 0.605. The number of β-amino-alcohol motifs (C(OH)–C–C–N with tert-alkyl or cyclic N) is 1. The van der Waals surface area contributed by atoms with Crippen LogP contribution in [0.2, 0.25) is 0 Å². The number of aliphatic hydroxyl groups is 1. The molecule has 2 aromatic rings. The summed E-state index contributed by atoms with van der Waals surface area (Å²) in [7, 11) is 1.69. The molecule has 0 unspecified atom stereocenters. The van der Waals surface area contributed by atoms with Crippen molar-refractivity contribution in [3.05, 3.63) is 59.9 Å². The lowest BCUT2D eigenvalue weighted by molar-refractivity contribution is 0.109. The summed E-state index contributed by atoms with van der Waals surface area (Å²) in [6.07, 6.45) is -0.594. The van der Waals surface area contributed by atoms with Crippen molar-refractivity contribution >= 4 is 5.69 Å². The Morgan fingerprint density at radius 1 is 1.04 bits per heavy atom. The Bertz CT molecular complexity index is 655. The van der Waals surface area contributed by atoms with Crippen LogP contribution >= 0.6 is 0 Å². The van der Waals surface area contributed by atoms with E-state index in [2.05, 4.69) is 15.9 Å². The lowest BCUT2D eigenvalue weighted by atomic mass is 10.1. The third kappa shape index (κ3) is 3.86. The standard InChI is InChI=1S/C19H23FN2O2/c1-24-19-5-3-2-4-17(19)22-12-10-21(11-13-22)14-18(23)15-6-8-16(20)9-7-15/h2-9,18,23H,10-14H2,1H3/t18-/m1/s1. The topological polar surface area (TPSA) is 35.9 Å². The molecule has 1 heterocycles. The summed E-state index contributed by atoms with van der Waals surface area (Å²) >= 11 is 0. The molecule has 0 bridgehead atoms. The van der Waals surface area contributed by atoms with Gasteiger partial charge in [0, 0.05) is 32.7 Å². The first kappa shape index (κ1) is 16.7. The van der Waals surface area contributed by atoms with E-state index in [0.717, 1.165) is 43.2 Å². The quantitative estimate of drug-likeness (QED) is 0.914. The number of hydrogen-bond acceptors (Lipinski definition) is 4. The van der Waals surface area contributed by atoms with Gasteiger partial charge in [-0.3, -0.25) is 4.90 Å². The van der Waals surface area contributed by atoms with E-state index in [1.54, 1.807) is 19.2 Å². The summed E-state index contributed by atoms with van der Waals surface area (Å²) in [5.41, 5.74) is 1.86. The molecule has 1 saturated heterocycles. The zero-order valence-electron chi connectivity index (χ0n) is 13.9. The van der Waals surface area contributed by atoms with Gasteiger partial charge in [-0.25, -0.2) is 4.39 Å². The predicted octanol–water partition coefficient (Wildman–Crippen LogP) is 2.69. The van der Waals surface area contributed by atoms with E-state index in [0.29, 0.717) is 6.54 Å². The van der Waals surface area contributed by atoms with E-state index in [9.17, 15) is 9.50 Å². The lowest BCUT2D eigenvalue weighted by Crippen LogP contribution is -2.47. The van der Waals surface area contributed by atoms with Crippen LogP contribution in [0.4, 0.5) is 10.1 Å². The van der Waals surface area contributed by atoms with Crippen LogP contribution < -0.4 is 9.64 Å². The van der Waals surface area contributed by atoms with Gasteiger partial charge in [-0.05, 0) is 29.8 Å². The molecule has 1 fully saturated rings. The van der Waals surface area contributed by atoms with E-state index >= 15 is 0 Å². The average molecular weight is 330 g/mol. The molecule has 0 aromatic heterocycles. The molecule has 2 aromatic carbocycles. The van der Waals surface area contributed by atoms with E-state index in [-0.39, 0.29) is 5.82 Å². The lowest BCUT2D eigenvalue weighted by Gasteiger charge is -2.37. The van der Waals surface area contributed by atoms with E-state index in [4.69, 9.17) is 4.74 Å². The molecule has 1 atom stereocenters. The Labute approximate surface area is 142 Å². The van der Waals surface area contributed by atoms with Crippen LogP contribution in [0.25, 0.3) is 0 Å². The van der Waals surface area contributed by atoms with Crippen LogP contribution in [0.15, 0.2) is 48.5 Å². The maximum atomic E-state index is 13.0. The first-order valence-corrected chi connectivity index (χ1v) is 8.21. The maximum absolute atomic E-state index is 13.0. The van der Waals surface area contributed by atoms with Gasteiger partial charge in [-0.2, -0.15) is 0 Å². The Morgan fingerprint density at radius 3 is 2.38 bits per heavy atom. The second-order valence-electron chi connectivity index (χ2n) is 6.03. The van der Waals surface area contributed by atoms with Crippen LogP contribution in [-0.4, -0.2) is 49.8 Å². The maximum Gasteiger partial charge on any atom is 0.142 e. The molecule has 1 aliphatic rings. The fraction of sp³-hybridized carbons (Fsp3) is 0.368. The fourth-order valence-electron chi connectivity index (χ4n) is 3.10. The van der Waals surface area contributed by atoms with Gasteiger partial charge >= 0.3 is 0 Å². The highest BCUT2D eigenvalue weighted by Gasteiger charge is 2.21. The number of halogens is 1. The Balaban J connectivity index is 1.56. The van der Waals surface area contributed by atoms with Crippen LogP contribution in [0.3, 0.4) is 0 Å². The second kappa shape index (κ2) is 7.64. The largest absolute Gasteiger partial charge is 0.495 e. The number of nitrogens with zero attached hydrogens (tertiary/aromatic N) is 2. The third-order valence-electron chi connectivity index (χ3n) is 4.48. The number of aliphatic hydroxyl groups excluding tert-OH is 1. The molecule has 1 N–H and O–H groups in total. The number of para-hydroxylation sites is 2. The Hall–Kier alpha value is -2.11. The molecule has 0 radical (unpaired) electrons. The van der Waals surface area contributed by atoms with Crippen molar-refractivity contribution in [2.75, 3.05) is 44.7 Å². The highest BCUT2D eigenvalue weighted by molar-refractivity contribution is 5.58. The molecule has 5 heteroatoms. The number of hydrogen-bond donors (Lipinski definition) is 1. The highest BCUT2D eigenvalue weighted by atomic mass is 19.1. The number of ether oxygens (including phenoxy) is 1. The fourth-order valence-corrected chi connectivity index (χ4v) is 3.10. The SMILES string of the molecule is COc1ccccc1N1CCN(C[C@@H](O)c2ccc(F)cc2)CC1. The van der Waals surface area contributed by atoms with Crippen molar-refractivity contribution in [2.24, 2.45) is 0 Å². The minimum atomic E-state index is -0.594. The van der Waals surface area contributed by atoms with Crippen molar-refractivity contribution in [1.29, 1.82) is 0 Å². The number of benzene rings is 2.